The fraction of sp³-hybridized carbons (Fsp3) is 0.583. The van der Waals surface area contributed by atoms with Crippen molar-refractivity contribution in [2.24, 2.45) is 40.7 Å². The van der Waals surface area contributed by atoms with E-state index >= 15 is 14.4 Å². The van der Waals surface area contributed by atoms with Gasteiger partial charge in [0.05, 0.1) is 78.8 Å². The number of amides is 19. The van der Waals surface area contributed by atoms with Crippen molar-refractivity contribution in [3.8, 4) is 0 Å². The molecule has 3 aromatic rings. The molecule has 0 aliphatic rings. The number of hydrogen-bond acceptors (Lipinski definition) is 29. The first kappa shape index (κ1) is 116. The third-order valence-corrected chi connectivity index (χ3v) is 20.7. The average molecular weight is 1920 g/mol. The fourth-order valence-corrected chi connectivity index (χ4v) is 13.0. The molecule has 136 heavy (non-hydrogen) atoms. The summed E-state index contributed by atoms with van der Waals surface area (Å²) in [6, 6.07) is -5.20. The second-order valence-corrected chi connectivity index (χ2v) is 32.4. The van der Waals surface area contributed by atoms with Gasteiger partial charge in [-0.25, -0.2) is 4.79 Å². The predicted molar refractivity (Wildman–Crippen MR) is 486 cm³/mol. The van der Waals surface area contributed by atoms with Crippen LogP contribution in [0, 0.1) is 23.2 Å². The van der Waals surface area contributed by atoms with Gasteiger partial charge in [0.15, 0.2) is 5.96 Å². The van der Waals surface area contributed by atoms with Crippen molar-refractivity contribution in [2.75, 3.05) is 98.5 Å². The van der Waals surface area contributed by atoms with Crippen LogP contribution in [0.15, 0.2) is 60.8 Å². The second-order valence-electron chi connectivity index (χ2n) is 32.4. The molecule has 52 heteroatoms. The number of aliphatic hydroxyl groups excluding tert-OH is 5. The van der Waals surface area contributed by atoms with Crippen molar-refractivity contribution in [3.63, 3.8) is 0 Å². The first-order valence-electron chi connectivity index (χ1n) is 44.2. The van der Waals surface area contributed by atoms with E-state index < -0.39 is 293 Å². The molecule has 2 aromatic carbocycles. The zero-order chi connectivity index (χ0) is 102. The van der Waals surface area contributed by atoms with Gasteiger partial charge in [-0.15, -0.1) is 0 Å². The number of hydrogen-bond donors (Lipinski definition) is 32. The Morgan fingerprint density at radius 1 is 0.360 bits per heavy atom. The van der Waals surface area contributed by atoms with Gasteiger partial charge < -0.3 is 165 Å². The van der Waals surface area contributed by atoms with Crippen LogP contribution in [0.5, 0.6) is 0 Å². The third kappa shape index (κ3) is 43.1. The summed E-state index contributed by atoms with van der Waals surface area (Å²) in [6.45, 7) is -0.181. The standard InChI is InChI=1S/C84H134N26O26/c1-7-46(6)70(82(134)108-59(41-113)72(124)96-35-65(119)94-37-67(121)101-61(43-115)83(135)136)110-76(128)52(23-14-16-26-86)102-74(126)51(22-13-15-25-85)103-78(130)55(29-47-18-9-8-10-19-47)106-77(129)54(28-44(2)3)105-75(127)53(24-17-27-90-84(88)89)104-79(131)56(30-48-32-91-50-21-12-11-20-49(48)50)98-68(122)38-97-73(125)58(40-112)107-81(133)69(45(4)5)109-80(132)60(42-114)100-66(120)36-93-63(117)33-92-64(118)34-95-71(123)57(39-111)99-62(116)31-87/h8-12,18-21,32,44-46,51-61,69-70,91,111-115H,7,13-17,22-31,33-43,85-87H2,1-6H3,(H,92,118)(H,93,117)(H,94,119)(H,95,123)(H,96,124)(H,97,125)(H,98,122)(H,99,116)(H,100,120)(H,101,121)(H,102,126)(H,103,130)(H,104,131)(H,105,127)(H,106,129)(H,107,133)(H,108,134)(H,109,132)(H,110,128)(H,135,136)(H4,88,89,90)/t46-,51-,52-,53-,54-,55-,56-,57-,58-,59-,60-,61-,69-,70-/m0/s1. The zero-order valence-corrected chi connectivity index (χ0v) is 76.8. The van der Waals surface area contributed by atoms with E-state index in [-0.39, 0.29) is 89.8 Å². The molecule has 0 aliphatic carbocycles. The van der Waals surface area contributed by atoms with Crippen LogP contribution in [-0.4, -0.2) is 337 Å². The molecule has 1 heterocycles. The normalized spacial score (nSPS) is 14.1. The molecular formula is C84H134N26O26. The summed E-state index contributed by atoms with van der Waals surface area (Å²) in [5.74, 6) is -22.4. The van der Waals surface area contributed by atoms with Crippen LogP contribution >= 0.6 is 0 Å². The maximum Gasteiger partial charge on any atom is 0.328 e. The molecule has 3 rings (SSSR count). The lowest BCUT2D eigenvalue weighted by atomic mass is 9.97. The number of aromatic nitrogens is 1. The maximum atomic E-state index is 15.1. The number of guanidine groups is 1. The number of benzene rings is 2. The smallest absolute Gasteiger partial charge is 0.328 e. The number of carbonyl (C=O) groups excluding carboxylic acids is 19. The number of fused-ring (bicyclic) bond motifs is 1. The second kappa shape index (κ2) is 62.7. The summed E-state index contributed by atoms with van der Waals surface area (Å²) in [7, 11) is 0. The number of carboxylic acid groups (broad SMARTS) is 1. The number of H-pyrrole nitrogens is 1. The van der Waals surface area contributed by atoms with Gasteiger partial charge >= 0.3 is 5.97 Å². The molecule has 52 nitrogen and oxygen atoms in total. The molecule has 0 radical (unpaired) electrons. The highest BCUT2D eigenvalue weighted by Crippen LogP contribution is 2.21. The summed E-state index contributed by atoms with van der Waals surface area (Å²) >= 11 is 0. The van der Waals surface area contributed by atoms with Crippen LogP contribution < -0.4 is 129 Å². The molecule has 756 valence electrons. The Labute approximate surface area is 783 Å². The van der Waals surface area contributed by atoms with Crippen molar-refractivity contribution >= 4 is 135 Å². The topological polar surface area (TPSA) is 847 Å². The Balaban J connectivity index is 1.90. The van der Waals surface area contributed by atoms with Gasteiger partial charge in [0, 0.05) is 36.5 Å². The third-order valence-electron chi connectivity index (χ3n) is 20.7. The zero-order valence-electron chi connectivity index (χ0n) is 76.8. The number of aromatic amines is 1. The highest BCUT2D eigenvalue weighted by Gasteiger charge is 2.39. The number of aliphatic hydroxyl groups is 5. The maximum absolute atomic E-state index is 15.1. The van der Waals surface area contributed by atoms with E-state index in [0.717, 1.165) is 0 Å². The molecule has 0 saturated heterocycles. The summed E-state index contributed by atoms with van der Waals surface area (Å²) in [4.78, 5) is 272. The van der Waals surface area contributed by atoms with Crippen LogP contribution in [0.1, 0.15) is 117 Å². The molecule has 0 unspecified atom stereocenters. The van der Waals surface area contributed by atoms with Crippen molar-refractivity contribution in [3.05, 3.63) is 71.9 Å². The SMILES string of the molecule is CC[C@H](C)[C@H](NC(=O)[C@H](CCCCN)NC(=O)[C@H](CCCCN)NC(=O)[C@H](Cc1ccccc1)NC(=O)[C@H](CC(C)C)NC(=O)[C@H](CCCNC(=N)N)NC(=O)[C@H](Cc1c[nH]c2ccccc12)NC(=O)CNC(=O)[C@H](CO)NC(=O)[C@@H](NC(=O)[C@H](CO)NC(=O)CNC(=O)CNC(=O)CNC(=O)[C@H](CO)NC(=O)CN)C(C)C)C(=O)N[C@@H](CO)C(=O)NCC(=O)NCC(=O)N[C@@H](CO)C(=O)O. The largest absolute Gasteiger partial charge is 0.480 e. The Morgan fingerprint density at radius 3 is 1.16 bits per heavy atom. The molecule has 14 atom stereocenters. The monoisotopic (exact) mass is 1920 g/mol. The minimum atomic E-state index is -1.83. The molecule has 0 bridgehead atoms. The Morgan fingerprint density at radius 2 is 0.713 bits per heavy atom. The molecule has 0 fully saturated rings. The van der Waals surface area contributed by atoms with Crippen LogP contribution in [0.2, 0.25) is 0 Å². The van der Waals surface area contributed by atoms with E-state index in [0.29, 0.717) is 34.9 Å². The Kier molecular flexibility index (Phi) is 53.7. The number of aliphatic carboxylic acids is 1. The van der Waals surface area contributed by atoms with E-state index in [1.54, 1.807) is 88.5 Å². The quantitative estimate of drug-likeness (QED) is 0.0142. The van der Waals surface area contributed by atoms with Gasteiger partial charge in [-0.3, -0.25) is 96.5 Å². The van der Waals surface area contributed by atoms with Crippen molar-refractivity contribution in [2.45, 2.75) is 197 Å². The first-order valence-corrected chi connectivity index (χ1v) is 44.2. The number of carbonyl (C=O) groups is 20. The van der Waals surface area contributed by atoms with Gasteiger partial charge in [0.1, 0.15) is 78.5 Å². The van der Waals surface area contributed by atoms with Crippen molar-refractivity contribution < 1.29 is 127 Å². The highest BCUT2D eigenvalue weighted by atomic mass is 16.4. The molecule has 0 spiro atoms. The van der Waals surface area contributed by atoms with Gasteiger partial charge in [-0.2, -0.15) is 0 Å². The molecule has 36 N–H and O–H groups in total. The Bertz CT molecular complexity index is 4510. The first-order chi connectivity index (χ1) is 64.6. The number of nitrogens with two attached hydrogens (primary N) is 4. The summed E-state index contributed by atoms with van der Waals surface area (Å²) < 4.78 is 0. The average Bonchev–Trinajstić information content (AvgIpc) is 1.81. The highest BCUT2D eigenvalue weighted by molar-refractivity contribution is 6.01. The van der Waals surface area contributed by atoms with E-state index in [4.69, 9.17) is 33.5 Å². The van der Waals surface area contributed by atoms with Gasteiger partial charge in [-0.05, 0) is 106 Å². The lowest BCUT2D eigenvalue weighted by Crippen LogP contribution is -2.61. The van der Waals surface area contributed by atoms with Crippen LogP contribution in [-0.2, 0) is 109 Å². The van der Waals surface area contributed by atoms with Crippen molar-refractivity contribution in [1.82, 2.24) is 111 Å². The molecule has 0 saturated carbocycles. The lowest BCUT2D eigenvalue weighted by molar-refractivity contribution is -0.143. The van der Waals surface area contributed by atoms with E-state index in [1.165, 1.54) is 13.8 Å². The lowest BCUT2D eigenvalue weighted by Gasteiger charge is -2.29. The number of para-hydroxylation sites is 1. The molecule has 19 amide bonds. The predicted octanol–water partition coefficient (Wildman–Crippen LogP) is -12.8. The number of rotatable bonds is 65. The Hall–Kier alpha value is -13.7. The van der Waals surface area contributed by atoms with Gasteiger partial charge in [0.25, 0.3) is 0 Å². The minimum absolute atomic E-state index is 0.0237. The number of carboxylic acids is 1. The summed E-state index contributed by atoms with van der Waals surface area (Å²) in [5.41, 5.74) is 24.1. The van der Waals surface area contributed by atoms with E-state index in [2.05, 4.69) is 106 Å². The summed E-state index contributed by atoms with van der Waals surface area (Å²) in [5, 5.41) is 114. The molecule has 0 aliphatic heterocycles. The van der Waals surface area contributed by atoms with Crippen LogP contribution in [0.25, 0.3) is 10.9 Å². The van der Waals surface area contributed by atoms with Crippen LogP contribution in [0.4, 0.5) is 0 Å². The van der Waals surface area contributed by atoms with Gasteiger partial charge in [-0.1, -0.05) is 96.5 Å². The minimum Gasteiger partial charge on any atom is -0.480 e. The van der Waals surface area contributed by atoms with E-state index in [9.17, 15) is 107 Å². The molecular weight excluding hydrogens is 1790 g/mol. The van der Waals surface area contributed by atoms with E-state index in [1.807, 2.05) is 5.32 Å². The summed E-state index contributed by atoms with van der Waals surface area (Å²) in [6.07, 6.45) is 2.01. The number of nitrogens with one attached hydrogen (secondary N) is 22. The van der Waals surface area contributed by atoms with Gasteiger partial charge in [0.2, 0.25) is 112 Å². The van der Waals surface area contributed by atoms with Crippen LogP contribution in [0.3, 0.4) is 0 Å². The number of unbranched alkanes of at least 4 members (excludes halogenated alkanes) is 2. The fourth-order valence-electron chi connectivity index (χ4n) is 13.0. The molecule has 1 aromatic heterocycles. The van der Waals surface area contributed by atoms with Crippen molar-refractivity contribution in [1.29, 1.82) is 5.41 Å².